The second kappa shape index (κ2) is 5.64. The Morgan fingerprint density at radius 1 is 0.882 bits per heavy atom. The van der Waals surface area contributed by atoms with E-state index in [9.17, 15) is 5.11 Å². The monoisotopic (exact) mass is 268 g/mol. The van der Waals surface area contributed by atoms with Crippen LogP contribution in [0, 0.1) is 0 Å². The third kappa shape index (κ3) is 2.87. The van der Waals surface area contributed by atoms with Crippen LogP contribution in [0.15, 0.2) is 40.1 Å². The SMILES string of the molecule is COSc1cc2ccc(O)cc2cc1SOC. The van der Waals surface area contributed by atoms with Crippen LogP contribution >= 0.6 is 24.1 Å². The highest BCUT2D eigenvalue weighted by molar-refractivity contribution is 7.97. The summed E-state index contributed by atoms with van der Waals surface area (Å²) in [7, 11) is 3.26. The van der Waals surface area contributed by atoms with Crippen molar-refractivity contribution in [3.8, 4) is 5.75 Å². The number of rotatable bonds is 4. The zero-order valence-electron chi connectivity index (χ0n) is 9.47. The number of fused-ring (bicyclic) bond motifs is 1. The predicted molar refractivity (Wildman–Crippen MR) is 71.3 cm³/mol. The maximum atomic E-state index is 9.46. The second-order valence-electron chi connectivity index (χ2n) is 3.33. The lowest BCUT2D eigenvalue weighted by Gasteiger charge is -2.08. The van der Waals surface area contributed by atoms with E-state index in [0.29, 0.717) is 0 Å². The summed E-state index contributed by atoms with van der Waals surface area (Å²) in [5.74, 6) is 0.262. The molecule has 0 aromatic heterocycles. The van der Waals surface area contributed by atoms with Crippen molar-refractivity contribution in [1.29, 1.82) is 0 Å². The maximum Gasteiger partial charge on any atom is 0.116 e. The second-order valence-corrected chi connectivity index (χ2v) is 5.21. The van der Waals surface area contributed by atoms with Crippen LogP contribution < -0.4 is 0 Å². The molecule has 0 aliphatic carbocycles. The highest BCUT2D eigenvalue weighted by Crippen LogP contribution is 2.35. The molecule has 5 heteroatoms. The first-order valence-corrected chi connectivity index (χ1v) is 6.41. The summed E-state index contributed by atoms with van der Waals surface area (Å²) in [6.07, 6.45) is 0. The largest absolute Gasteiger partial charge is 0.508 e. The summed E-state index contributed by atoms with van der Waals surface area (Å²) >= 11 is 2.58. The van der Waals surface area contributed by atoms with Gasteiger partial charge in [0.2, 0.25) is 0 Å². The fourth-order valence-corrected chi connectivity index (χ4v) is 2.75. The average Bonchev–Trinajstić information content (AvgIpc) is 2.31. The molecule has 2 aromatic carbocycles. The van der Waals surface area contributed by atoms with Crippen LogP contribution in [0.4, 0.5) is 0 Å². The highest BCUT2D eigenvalue weighted by atomic mass is 32.2. The first-order valence-electron chi connectivity index (χ1n) is 4.92. The molecule has 0 bridgehead atoms. The number of phenolic OH excluding ortho intramolecular Hbond substituents is 1. The molecule has 3 nitrogen and oxygen atoms in total. The third-order valence-electron chi connectivity index (χ3n) is 2.23. The first kappa shape index (κ1) is 12.6. The highest BCUT2D eigenvalue weighted by Gasteiger charge is 2.07. The fourth-order valence-electron chi connectivity index (χ4n) is 1.55. The molecule has 0 atom stereocenters. The van der Waals surface area contributed by atoms with Gasteiger partial charge >= 0.3 is 0 Å². The van der Waals surface area contributed by atoms with E-state index in [0.717, 1.165) is 20.6 Å². The van der Waals surface area contributed by atoms with Gasteiger partial charge in [-0.3, -0.25) is 0 Å². The first-order chi connectivity index (χ1) is 8.24. The Balaban J connectivity index is 2.55. The standard InChI is InChI=1S/C12H12O3S2/c1-14-16-11-6-8-3-4-10(13)5-9(8)7-12(11)17-15-2/h3-7,13H,1-2H3. The summed E-state index contributed by atoms with van der Waals surface area (Å²) in [4.78, 5) is 1.97. The topological polar surface area (TPSA) is 38.7 Å². The zero-order chi connectivity index (χ0) is 12.3. The van der Waals surface area contributed by atoms with Gasteiger partial charge in [0.05, 0.1) is 24.0 Å². The van der Waals surface area contributed by atoms with Crippen molar-refractivity contribution in [2.24, 2.45) is 0 Å². The van der Waals surface area contributed by atoms with Crippen LogP contribution in [0.1, 0.15) is 0 Å². The van der Waals surface area contributed by atoms with E-state index in [-0.39, 0.29) is 5.75 Å². The van der Waals surface area contributed by atoms with Gasteiger partial charge in [0, 0.05) is 24.1 Å². The minimum Gasteiger partial charge on any atom is -0.508 e. The molecule has 0 spiro atoms. The Morgan fingerprint density at radius 3 is 2.06 bits per heavy atom. The molecule has 2 rings (SSSR count). The molecule has 0 amide bonds. The molecule has 0 aliphatic rings. The van der Waals surface area contributed by atoms with Crippen molar-refractivity contribution in [3.63, 3.8) is 0 Å². The molecular weight excluding hydrogens is 256 g/mol. The Bertz CT molecular complexity index is 528. The van der Waals surface area contributed by atoms with Gasteiger partial charge in [-0.05, 0) is 35.0 Å². The molecular formula is C12H12O3S2. The van der Waals surface area contributed by atoms with Crippen molar-refractivity contribution < 1.29 is 13.5 Å². The summed E-state index contributed by atoms with van der Waals surface area (Å²) in [5, 5.41) is 11.5. The molecule has 1 N–H and O–H groups in total. The molecule has 2 aromatic rings. The molecule has 0 saturated heterocycles. The van der Waals surface area contributed by atoms with Crippen molar-refractivity contribution in [1.82, 2.24) is 0 Å². The van der Waals surface area contributed by atoms with Crippen LogP contribution in [0.2, 0.25) is 0 Å². The third-order valence-corrected chi connectivity index (χ3v) is 3.73. The number of benzene rings is 2. The minimum atomic E-state index is 0.262. The Morgan fingerprint density at radius 2 is 1.47 bits per heavy atom. The molecule has 0 unspecified atom stereocenters. The van der Waals surface area contributed by atoms with Crippen LogP contribution in [0.5, 0.6) is 5.75 Å². The van der Waals surface area contributed by atoms with Gasteiger partial charge in [-0.2, -0.15) is 0 Å². The predicted octanol–water partition coefficient (Wildman–Crippen LogP) is 3.85. The molecule has 90 valence electrons. The lowest BCUT2D eigenvalue weighted by molar-refractivity contribution is 0.476. The lowest BCUT2D eigenvalue weighted by Crippen LogP contribution is -1.83. The van der Waals surface area contributed by atoms with Gasteiger partial charge in [-0.1, -0.05) is 6.07 Å². The summed E-state index contributed by atoms with van der Waals surface area (Å²) in [6.45, 7) is 0. The van der Waals surface area contributed by atoms with Crippen molar-refractivity contribution in [2.45, 2.75) is 9.79 Å². The maximum absolute atomic E-state index is 9.46. The molecule has 17 heavy (non-hydrogen) atoms. The van der Waals surface area contributed by atoms with Gasteiger partial charge in [0.25, 0.3) is 0 Å². The van der Waals surface area contributed by atoms with E-state index >= 15 is 0 Å². The van der Waals surface area contributed by atoms with Crippen molar-refractivity contribution in [2.75, 3.05) is 14.2 Å². The van der Waals surface area contributed by atoms with E-state index in [1.165, 1.54) is 24.1 Å². The van der Waals surface area contributed by atoms with Crippen molar-refractivity contribution in [3.05, 3.63) is 30.3 Å². The summed E-state index contributed by atoms with van der Waals surface area (Å²) in [5.41, 5.74) is 0. The van der Waals surface area contributed by atoms with Gasteiger partial charge in [-0.25, -0.2) is 0 Å². The number of aromatic hydroxyl groups is 1. The smallest absolute Gasteiger partial charge is 0.116 e. The average molecular weight is 268 g/mol. The van der Waals surface area contributed by atoms with E-state index < -0.39 is 0 Å². The minimum absolute atomic E-state index is 0.262. The van der Waals surface area contributed by atoms with Crippen LogP contribution in [0.25, 0.3) is 10.8 Å². The fraction of sp³-hybridized carbons (Fsp3) is 0.167. The van der Waals surface area contributed by atoms with E-state index in [1.54, 1.807) is 26.4 Å². The quantitative estimate of drug-likeness (QED) is 0.853. The number of phenols is 1. The summed E-state index contributed by atoms with van der Waals surface area (Å²) < 4.78 is 10.2. The molecule has 0 saturated carbocycles. The normalized spacial score (nSPS) is 10.9. The molecule has 0 radical (unpaired) electrons. The summed E-state index contributed by atoms with van der Waals surface area (Å²) in [6, 6.07) is 9.28. The van der Waals surface area contributed by atoms with Gasteiger partial charge in [-0.15, -0.1) is 0 Å². The van der Waals surface area contributed by atoms with Crippen LogP contribution in [-0.4, -0.2) is 19.3 Å². The molecule has 0 heterocycles. The van der Waals surface area contributed by atoms with Crippen LogP contribution in [0.3, 0.4) is 0 Å². The number of hydrogen-bond donors (Lipinski definition) is 1. The van der Waals surface area contributed by atoms with Gasteiger partial charge < -0.3 is 13.5 Å². The lowest BCUT2D eigenvalue weighted by atomic mass is 10.1. The Kier molecular flexibility index (Phi) is 4.17. The number of hydrogen-bond acceptors (Lipinski definition) is 5. The van der Waals surface area contributed by atoms with E-state index in [1.807, 2.05) is 18.2 Å². The molecule has 0 aliphatic heterocycles. The Hall–Kier alpha value is -0.880. The van der Waals surface area contributed by atoms with Crippen molar-refractivity contribution >= 4 is 34.9 Å². The van der Waals surface area contributed by atoms with Crippen LogP contribution in [-0.2, 0) is 8.37 Å². The zero-order valence-corrected chi connectivity index (χ0v) is 11.1. The van der Waals surface area contributed by atoms with Gasteiger partial charge in [0.1, 0.15) is 5.75 Å². The van der Waals surface area contributed by atoms with E-state index in [2.05, 4.69) is 0 Å². The van der Waals surface area contributed by atoms with Gasteiger partial charge in [0.15, 0.2) is 0 Å². The molecule has 0 fully saturated rings. The van der Waals surface area contributed by atoms with E-state index in [4.69, 9.17) is 8.37 Å². The Labute approximate surface area is 109 Å².